The van der Waals surface area contributed by atoms with E-state index in [1.807, 2.05) is 0 Å². The molecule has 15 heavy (non-hydrogen) atoms. The van der Waals surface area contributed by atoms with Crippen LogP contribution in [0, 0.1) is 0 Å². The zero-order valence-corrected chi connectivity index (χ0v) is 9.66. The van der Waals surface area contributed by atoms with Gasteiger partial charge in [-0.1, -0.05) is 0 Å². The van der Waals surface area contributed by atoms with Crippen molar-refractivity contribution in [2.45, 2.75) is 31.8 Å². The predicted octanol–water partition coefficient (Wildman–Crippen LogP) is 1.64. The zero-order valence-electron chi connectivity index (χ0n) is 8.85. The van der Waals surface area contributed by atoms with Crippen molar-refractivity contribution < 1.29 is 4.74 Å². The van der Waals surface area contributed by atoms with E-state index in [2.05, 4.69) is 21.2 Å². The second-order valence-electron chi connectivity index (χ2n) is 4.34. The Morgan fingerprint density at radius 2 is 2.33 bits per heavy atom. The van der Waals surface area contributed by atoms with Crippen LogP contribution >= 0.6 is 11.5 Å². The summed E-state index contributed by atoms with van der Waals surface area (Å²) in [6.07, 6.45) is 2.86. The molecule has 1 saturated heterocycles. The summed E-state index contributed by atoms with van der Waals surface area (Å²) in [5.74, 6) is 1.72. The van der Waals surface area contributed by atoms with Gasteiger partial charge >= 0.3 is 0 Å². The summed E-state index contributed by atoms with van der Waals surface area (Å²) in [5, 5.41) is 1.08. The Balaban J connectivity index is 1.73. The summed E-state index contributed by atoms with van der Waals surface area (Å²) in [4.78, 5) is 6.90. The zero-order chi connectivity index (χ0) is 10.3. The Morgan fingerprint density at radius 3 is 3.07 bits per heavy atom. The number of rotatable bonds is 2. The number of anilines is 1. The summed E-state index contributed by atoms with van der Waals surface area (Å²) in [5.41, 5.74) is 0. The van der Waals surface area contributed by atoms with Crippen molar-refractivity contribution in [3.63, 3.8) is 0 Å². The predicted molar refractivity (Wildman–Crippen MR) is 59.5 cm³/mol. The van der Waals surface area contributed by atoms with E-state index in [0.717, 1.165) is 30.7 Å². The van der Waals surface area contributed by atoms with E-state index in [9.17, 15) is 0 Å². The third-order valence-corrected chi connectivity index (χ3v) is 3.68. The molecule has 1 aromatic rings. The smallest absolute Gasteiger partial charge is 0.205 e. The maximum absolute atomic E-state index is 5.51. The fraction of sp³-hybridized carbons (Fsp3) is 0.800. The standard InChI is InChI=1S/C10H15N3OS/c1-7-6-13(4-5-14-7)10-11-9(12-15-10)8-2-3-8/h7-8H,2-6H2,1H3. The molecule has 1 saturated carbocycles. The minimum absolute atomic E-state index is 0.312. The lowest BCUT2D eigenvalue weighted by Crippen LogP contribution is -2.41. The highest BCUT2D eigenvalue weighted by molar-refractivity contribution is 7.09. The molecule has 5 heteroatoms. The molecule has 4 nitrogen and oxygen atoms in total. The second-order valence-corrected chi connectivity index (χ2v) is 5.07. The van der Waals surface area contributed by atoms with Gasteiger partial charge in [0.2, 0.25) is 5.13 Å². The lowest BCUT2D eigenvalue weighted by molar-refractivity contribution is 0.0532. The first kappa shape index (κ1) is 9.54. The van der Waals surface area contributed by atoms with Gasteiger partial charge in [0.15, 0.2) is 0 Å². The van der Waals surface area contributed by atoms with Crippen molar-refractivity contribution >= 4 is 16.7 Å². The van der Waals surface area contributed by atoms with E-state index in [4.69, 9.17) is 4.74 Å². The quantitative estimate of drug-likeness (QED) is 0.767. The first-order valence-electron chi connectivity index (χ1n) is 5.53. The molecule has 2 aliphatic rings. The number of hydrogen-bond donors (Lipinski definition) is 0. The summed E-state index contributed by atoms with van der Waals surface area (Å²) in [7, 11) is 0. The van der Waals surface area contributed by atoms with E-state index in [1.54, 1.807) is 0 Å². The van der Waals surface area contributed by atoms with Crippen LogP contribution in [-0.2, 0) is 4.74 Å². The number of aromatic nitrogens is 2. The maximum atomic E-state index is 5.51. The van der Waals surface area contributed by atoms with Crippen LogP contribution in [0.5, 0.6) is 0 Å². The van der Waals surface area contributed by atoms with Crippen molar-refractivity contribution in [3.8, 4) is 0 Å². The lowest BCUT2D eigenvalue weighted by atomic mass is 10.3. The van der Waals surface area contributed by atoms with Gasteiger partial charge in [-0.15, -0.1) is 0 Å². The highest BCUT2D eigenvalue weighted by atomic mass is 32.1. The molecule has 0 N–H and O–H groups in total. The van der Waals surface area contributed by atoms with Gasteiger partial charge in [0, 0.05) is 30.5 Å². The Bertz CT molecular complexity index is 350. The first-order valence-corrected chi connectivity index (χ1v) is 6.30. The van der Waals surface area contributed by atoms with Crippen LogP contribution in [0.4, 0.5) is 5.13 Å². The van der Waals surface area contributed by atoms with Gasteiger partial charge in [-0.3, -0.25) is 0 Å². The molecular formula is C10H15N3OS. The summed E-state index contributed by atoms with van der Waals surface area (Å²) < 4.78 is 9.94. The SMILES string of the molecule is CC1CN(c2nc(C3CC3)ns2)CCO1. The maximum Gasteiger partial charge on any atom is 0.205 e. The molecule has 0 aromatic carbocycles. The van der Waals surface area contributed by atoms with E-state index in [0.29, 0.717) is 12.0 Å². The van der Waals surface area contributed by atoms with E-state index >= 15 is 0 Å². The van der Waals surface area contributed by atoms with Gasteiger partial charge in [0.25, 0.3) is 0 Å². The number of hydrogen-bond acceptors (Lipinski definition) is 5. The van der Waals surface area contributed by atoms with Gasteiger partial charge in [0.05, 0.1) is 12.7 Å². The third-order valence-electron chi connectivity index (χ3n) is 2.89. The van der Waals surface area contributed by atoms with Crippen molar-refractivity contribution in [1.82, 2.24) is 9.36 Å². The Hall–Kier alpha value is -0.680. The van der Waals surface area contributed by atoms with Gasteiger partial charge in [0.1, 0.15) is 5.82 Å². The largest absolute Gasteiger partial charge is 0.375 e. The normalized spacial score (nSPS) is 27.0. The average molecular weight is 225 g/mol. The van der Waals surface area contributed by atoms with Crippen LogP contribution in [0.1, 0.15) is 31.5 Å². The van der Waals surface area contributed by atoms with Crippen molar-refractivity contribution in [3.05, 3.63) is 5.82 Å². The number of morpholine rings is 1. The monoisotopic (exact) mass is 225 g/mol. The average Bonchev–Trinajstić information content (AvgIpc) is 2.97. The van der Waals surface area contributed by atoms with Crippen LogP contribution in [0.25, 0.3) is 0 Å². The van der Waals surface area contributed by atoms with Crippen LogP contribution in [-0.4, -0.2) is 35.2 Å². The van der Waals surface area contributed by atoms with Gasteiger partial charge in [-0.2, -0.15) is 4.37 Å². The molecule has 1 aliphatic heterocycles. The first-order chi connectivity index (χ1) is 7.33. The summed E-state index contributed by atoms with van der Waals surface area (Å²) in [6.45, 7) is 4.80. The van der Waals surface area contributed by atoms with Crippen LogP contribution in [0.15, 0.2) is 0 Å². The molecule has 3 rings (SSSR count). The van der Waals surface area contributed by atoms with Crippen LogP contribution < -0.4 is 4.90 Å². The van der Waals surface area contributed by atoms with Crippen molar-refractivity contribution in [1.29, 1.82) is 0 Å². The molecule has 0 spiro atoms. The lowest BCUT2D eigenvalue weighted by Gasteiger charge is -2.30. The topological polar surface area (TPSA) is 38.2 Å². The van der Waals surface area contributed by atoms with E-state index in [1.165, 1.54) is 24.4 Å². The van der Waals surface area contributed by atoms with Gasteiger partial charge < -0.3 is 9.64 Å². The van der Waals surface area contributed by atoms with E-state index in [-0.39, 0.29) is 0 Å². The Labute approximate surface area is 93.4 Å². The molecule has 1 aromatic heterocycles. The summed E-state index contributed by atoms with van der Waals surface area (Å²) >= 11 is 1.54. The van der Waals surface area contributed by atoms with Crippen molar-refractivity contribution in [2.24, 2.45) is 0 Å². The molecule has 1 atom stereocenters. The molecule has 2 heterocycles. The highest BCUT2D eigenvalue weighted by Gasteiger charge is 2.29. The fourth-order valence-corrected chi connectivity index (χ4v) is 2.64. The van der Waals surface area contributed by atoms with Crippen LogP contribution in [0.3, 0.4) is 0 Å². The molecule has 0 amide bonds. The Morgan fingerprint density at radius 1 is 1.47 bits per heavy atom. The molecular weight excluding hydrogens is 210 g/mol. The highest BCUT2D eigenvalue weighted by Crippen LogP contribution is 2.39. The third kappa shape index (κ3) is 1.99. The minimum atomic E-state index is 0.312. The molecule has 82 valence electrons. The van der Waals surface area contributed by atoms with Crippen LogP contribution in [0.2, 0.25) is 0 Å². The minimum Gasteiger partial charge on any atom is -0.375 e. The fourth-order valence-electron chi connectivity index (χ4n) is 1.85. The van der Waals surface area contributed by atoms with Crippen molar-refractivity contribution in [2.75, 3.05) is 24.6 Å². The van der Waals surface area contributed by atoms with E-state index < -0.39 is 0 Å². The van der Waals surface area contributed by atoms with Gasteiger partial charge in [-0.05, 0) is 19.8 Å². The molecule has 0 bridgehead atoms. The number of ether oxygens (including phenoxy) is 1. The number of nitrogens with zero attached hydrogens (tertiary/aromatic N) is 3. The molecule has 1 aliphatic carbocycles. The Kier molecular flexibility index (Phi) is 2.36. The molecule has 0 radical (unpaired) electrons. The molecule has 1 unspecified atom stereocenters. The summed E-state index contributed by atoms with van der Waals surface area (Å²) in [6, 6.07) is 0. The van der Waals surface area contributed by atoms with Gasteiger partial charge in [-0.25, -0.2) is 4.98 Å². The molecule has 2 fully saturated rings. The second kappa shape index (κ2) is 3.72.